The Balaban J connectivity index is 2.12. The lowest BCUT2D eigenvalue weighted by Crippen LogP contribution is -2.56. The predicted molar refractivity (Wildman–Crippen MR) is 57.3 cm³/mol. The van der Waals surface area contributed by atoms with E-state index in [0.717, 1.165) is 5.56 Å². The fourth-order valence-corrected chi connectivity index (χ4v) is 2.23. The largest absolute Gasteiger partial charge is 0.345 e. The molecule has 5 heteroatoms. The summed E-state index contributed by atoms with van der Waals surface area (Å²) >= 11 is 1.59. The van der Waals surface area contributed by atoms with Crippen molar-refractivity contribution in [1.29, 1.82) is 0 Å². The second kappa shape index (κ2) is 4.02. The monoisotopic (exact) mass is 224 g/mol. The molecule has 80 valence electrons. The van der Waals surface area contributed by atoms with Gasteiger partial charge in [-0.25, -0.2) is 0 Å². The molecule has 0 saturated carbocycles. The number of carbonyl (C=O) groups is 2. The van der Waals surface area contributed by atoms with E-state index < -0.39 is 0 Å². The third kappa shape index (κ3) is 2.02. The first-order valence-corrected chi connectivity index (χ1v) is 5.71. The summed E-state index contributed by atoms with van der Waals surface area (Å²) in [6, 6.07) is 1.60. The van der Waals surface area contributed by atoms with Gasteiger partial charge in [0.15, 0.2) is 0 Å². The second-order valence-corrected chi connectivity index (χ2v) is 4.33. The molecular formula is C10H12N2O2S. The maximum Gasteiger partial charge on any atom is 0.242 e. The highest BCUT2D eigenvalue weighted by Crippen LogP contribution is 2.13. The van der Waals surface area contributed by atoms with Gasteiger partial charge in [0.1, 0.15) is 6.04 Å². The van der Waals surface area contributed by atoms with Gasteiger partial charge < -0.3 is 10.2 Å². The highest BCUT2D eigenvalue weighted by molar-refractivity contribution is 7.07. The number of hydrogen-bond acceptors (Lipinski definition) is 3. The van der Waals surface area contributed by atoms with Crippen molar-refractivity contribution in [3.8, 4) is 0 Å². The summed E-state index contributed by atoms with van der Waals surface area (Å²) in [4.78, 5) is 24.6. The van der Waals surface area contributed by atoms with E-state index in [0.29, 0.717) is 6.54 Å². The minimum absolute atomic E-state index is 0.0201. The van der Waals surface area contributed by atoms with Crippen LogP contribution < -0.4 is 5.32 Å². The Morgan fingerprint density at radius 3 is 3.07 bits per heavy atom. The van der Waals surface area contributed by atoms with Gasteiger partial charge in [0, 0.05) is 6.54 Å². The normalized spacial score (nSPS) is 21.7. The Morgan fingerprint density at radius 2 is 2.40 bits per heavy atom. The number of nitrogens with zero attached hydrogens (tertiary/aromatic N) is 1. The average Bonchev–Trinajstić information content (AvgIpc) is 2.71. The van der Waals surface area contributed by atoms with Gasteiger partial charge in [0.25, 0.3) is 0 Å². The van der Waals surface area contributed by atoms with Crippen molar-refractivity contribution >= 4 is 23.2 Å². The zero-order valence-electron chi connectivity index (χ0n) is 8.40. The van der Waals surface area contributed by atoms with Crippen molar-refractivity contribution < 1.29 is 9.59 Å². The van der Waals surface area contributed by atoms with Crippen LogP contribution in [0, 0.1) is 0 Å². The molecule has 0 aromatic carbocycles. The summed E-state index contributed by atoms with van der Waals surface area (Å²) in [6.07, 6.45) is 0. The van der Waals surface area contributed by atoms with E-state index in [-0.39, 0.29) is 24.4 Å². The Hall–Kier alpha value is -1.36. The number of thiophene rings is 1. The maximum atomic E-state index is 11.6. The molecule has 1 fully saturated rings. The number of amides is 2. The summed E-state index contributed by atoms with van der Waals surface area (Å²) in [5.74, 6) is -0.0990. The first-order valence-electron chi connectivity index (χ1n) is 4.77. The smallest absolute Gasteiger partial charge is 0.242 e. The van der Waals surface area contributed by atoms with Gasteiger partial charge in [-0.05, 0) is 29.3 Å². The van der Waals surface area contributed by atoms with Crippen molar-refractivity contribution in [3.63, 3.8) is 0 Å². The Bertz CT molecular complexity index is 375. The van der Waals surface area contributed by atoms with Gasteiger partial charge in [0.2, 0.25) is 11.8 Å². The van der Waals surface area contributed by atoms with Gasteiger partial charge in [-0.1, -0.05) is 0 Å². The van der Waals surface area contributed by atoms with Gasteiger partial charge in [-0.15, -0.1) is 0 Å². The van der Waals surface area contributed by atoms with Crippen LogP contribution in [0.15, 0.2) is 16.8 Å². The summed E-state index contributed by atoms with van der Waals surface area (Å²) in [6.45, 7) is 2.39. The number of nitrogens with one attached hydrogen (secondary N) is 1. The minimum Gasteiger partial charge on any atom is -0.345 e. The van der Waals surface area contributed by atoms with Crippen LogP contribution in [0.3, 0.4) is 0 Å². The summed E-state index contributed by atoms with van der Waals surface area (Å²) in [5.41, 5.74) is 1.08. The van der Waals surface area contributed by atoms with Gasteiger partial charge in [-0.2, -0.15) is 11.3 Å². The van der Waals surface area contributed by atoms with E-state index in [1.165, 1.54) is 0 Å². The Labute approximate surface area is 91.9 Å². The highest BCUT2D eigenvalue weighted by Gasteiger charge is 2.30. The quantitative estimate of drug-likeness (QED) is 0.799. The zero-order valence-corrected chi connectivity index (χ0v) is 9.21. The molecule has 2 rings (SSSR count). The van der Waals surface area contributed by atoms with E-state index >= 15 is 0 Å². The van der Waals surface area contributed by atoms with Crippen molar-refractivity contribution in [3.05, 3.63) is 22.4 Å². The molecule has 1 unspecified atom stereocenters. The Kier molecular flexibility index (Phi) is 2.73. The lowest BCUT2D eigenvalue weighted by Gasteiger charge is -2.32. The molecule has 1 aromatic heterocycles. The standard InChI is InChI=1S/C10H12N2O2S/c1-7-10(14)11-4-9(13)12(7)5-8-2-3-15-6-8/h2-3,6-7H,4-5H2,1H3,(H,11,14). The molecule has 0 aliphatic carbocycles. The number of rotatable bonds is 2. The Morgan fingerprint density at radius 1 is 1.60 bits per heavy atom. The highest BCUT2D eigenvalue weighted by atomic mass is 32.1. The van der Waals surface area contributed by atoms with Crippen LogP contribution in [0.4, 0.5) is 0 Å². The molecule has 1 aliphatic heterocycles. The van der Waals surface area contributed by atoms with Gasteiger partial charge in [0.05, 0.1) is 6.54 Å². The molecule has 0 spiro atoms. The predicted octanol–water partition coefficient (Wildman–Crippen LogP) is 0.595. The lowest BCUT2D eigenvalue weighted by molar-refractivity contribution is -0.145. The molecule has 1 atom stereocenters. The molecule has 0 radical (unpaired) electrons. The molecule has 1 aliphatic rings. The van der Waals surface area contributed by atoms with Crippen LogP contribution in [0.25, 0.3) is 0 Å². The first kappa shape index (κ1) is 10.2. The van der Waals surface area contributed by atoms with Crippen LogP contribution in [0.5, 0.6) is 0 Å². The fourth-order valence-electron chi connectivity index (χ4n) is 1.57. The molecule has 1 N–H and O–H groups in total. The summed E-state index contributed by atoms with van der Waals surface area (Å²) in [7, 11) is 0. The average molecular weight is 224 g/mol. The van der Waals surface area contributed by atoms with Crippen LogP contribution in [0.2, 0.25) is 0 Å². The topological polar surface area (TPSA) is 49.4 Å². The van der Waals surface area contributed by atoms with Crippen LogP contribution >= 0.6 is 11.3 Å². The third-order valence-electron chi connectivity index (χ3n) is 2.51. The molecule has 2 amide bonds. The molecular weight excluding hydrogens is 212 g/mol. The molecule has 4 nitrogen and oxygen atoms in total. The van der Waals surface area contributed by atoms with Gasteiger partial charge in [-0.3, -0.25) is 9.59 Å². The maximum absolute atomic E-state index is 11.6. The summed E-state index contributed by atoms with van der Waals surface area (Å²) < 4.78 is 0. The number of piperazine rings is 1. The molecule has 2 heterocycles. The lowest BCUT2D eigenvalue weighted by atomic mass is 10.2. The summed E-state index contributed by atoms with van der Waals surface area (Å²) in [5, 5.41) is 6.52. The van der Waals surface area contributed by atoms with Crippen molar-refractivity contribution in [2.45, 2.75) is 19.5 Å². The van der Waals surface area contributed by atoms with Crippen LogP contribution in [-0.2, 0) is 16.1 Å². The number of carbonyl (C=O) groups excluding carboxylic acids is 2. The zero-order chi connectivity index (χ0) is 10.8. The fraction of sp³-hybridized carbons (Fsp3) is 0.400. The molecule has 1 saturated heterocycles. The number of hydrogen-bond donors (Lipinski definition) is 1. The molecule has 15 heavy (non-hydrogen) atoms. The van der Waals surface area contributed by atoms with Crippen LogP contribution in [-0.4, -0.2) is 29.3 Å². The van der Waals surface area contributed by atoms with Crippen LogP contribution in [0.1, 0.15) is 12.5 Å². The van der Waals surface area contributed by atoms with E-state index in [1.54, 1.807) is 23.2 Å². The third-order valence-corrected chi connectivity index (χ3v) is 3.25. The van der Waals surface area contributed by atoms with Gasteiger partial charge >= 0.3 is 0 Å². The van der Waals surface area contributed by atoms with E-state index in [2.05, 4.69) is 5.32 Å². The first-order chi connectivity index (χ1) is 7.18. The molecule has 1 aromatic rings. The SMILES string of the molecule is CC1C(=O)NCC(=O)N1Cc1ccsc1. The van der Waals surface area contributed by atoms with Crippen molar-refractivity contribution in [2.75, 3.05) is 6.54 Å². The van der Waals surface area contributed by atoms with E-state index in [4.69, 9.17) is 0 Å². The van der Waals surface area contributed by atoms with Crippen molar-refractivity contribution in [2.24, 2.45) is 0 Å². The molecule has 0 bridgehead atoms. The minimum atomic E-state index is -0.369. The van der Waals surface area contributed by atoms with Crippen molar-refractivity contribution in [1.82, 2.24) is 10.2 Å². The van der Waals surface area contributed by atoms with E-state index in [9.17, 15) is 9.59 Å². The van der Waals surface area contributed by atoms with E-state index in [1.807, 2.05) is 16.8 Å². The second-order valence-electron chi connectivity index (χ2n) is 3.55.